The van der Waals surface area contributed by atoms with E-state index in [9.17, 15) is 0 Å². The van der Waals surface area contributed by atoms with Gasteiger partial charge < -0.3 is 0 Å². The molecule has 0 nitrogen and oxygen atoms in total. The zero-order valence-corrected chi connectivity index (χ0v) is 8.39. The van der Waals surface area contributed by atoms with E-state index in [0.29, 0.717) is 5.88 Å². The summed E-state index contributed by atoms with van der Waals surface area (Å²) >= 11 is 10.6. The van der Waals surface area contributed by atoms with E-state index in [-0.39, 0.29) is 0 Å². The highest BCUT2D eigenvalue weighted by Gasteiger charge is 1.99. The number of allylic oxidation sites excluding steroid dienone is 1. The molecule has 0 amide bonds. The third kappa shape index (κ3) is 1.84. The number of hydrogen-bond donors (Lipinski definition) is 0. The third-order valence-electron chi connectivity index (χ3n) is 1.08. The largest absolute Gasteiger partial charge is 0.129 e. The molecule has 0 saturated carbocycles. The van der Waals surface area contributed by atoms with Crippen LogP contribution in [0.25, 0.3) is 5.57 Å². The van der Waals surface area contributed by atoms with E-state index in [4.69, 9.17) is 11.6 Å². The maximum atomic E-state index is 5.59. The first kappa shape index (κ1) is 8.31. The Bertz CT molecular complexity index is 242. The van der Waals surface area contributed by atoms with Crippen molar-refractivity contribution in [3.05, 3.63) is 27.4 Å². The second-order valence-corrected chi connectivity index (χ2v) is 4.57. The molecule has 0 N–H and O–H groups in total. The molecule has 0 aliphatic rings. The van der Waals surface area contributed by atoms with Gasteiger partial charge in [0.05, 0.1) is 3.79 Å². The summed E-state index contributed by atoms with van der Waals surface area (Å²) in [4.78, 5) is 1.15. The van der Waals surface area contributed by atoms with Gasteiger partial charge in [-0.25, -0.2) is 0 Å². The average molecular weight is 238 g/mol. The van der Waals surface area contributed by atoms with Gasteiger partial charge in [0.25, 0.3) is 0 Å². The van der Waals surface area contributed by atoms with Gasteiger partial charge in [-0.15, -0.1) is 22.9 Å². The van der Waals surface area contributed by atoms with Gasteiger partial charge in [-0.3, -0.25) is 0 Å². The van der Waals surface area contributed by atoms with Crippen molar-refractivity contribution in [2.75, 3.05) is 5.88 Å². The highest BCUT2D eigenvalue weighted by Crippen LogP contribution is 2.27. The predicted molar refractivity (Wildman–Crippen MR) is 51.8 cm³/mol. The molecule has 1 rings (SSSR count). The minimum Gasteiger partial charge on any atom is -0.129 e. The maximum absolute atomic E-state index is 5.59. The smallest absolute Gasteiger partial charge is 0.0704 e. The van der Waals surface area contributed by atoms with Gasteiger partial charge in [-0.2, -0.15) is 0 Å². The van der Waals surface area contributed by atoms with Gasteiger partial charge in [0, 0.05) is 10.8 Å². The van der Waals surface area contributed by atoms with Crippen molar-refractivity contribution in [3.63, 3.8) is 0 Å². The lowest BCUT2D eigenvalue weighted by atomic mass is 10.3. The number of thiophene rings is 1. The van der Waals surface area contributed by atoms with Gasteiger partial charge in [0.2, 0.25) is 0 Å². The molecule has 1 heterocycles. The van der Waals surface area contributed by atoms with Crippen molar-refractivity contribution < 1.29 is 0 Å². The van der Waals surface area contributed by atoms with Gasteiger partial charge in [-0.1, -0.05) is 6.58 Å². The molecule has 0 bridgehead atoms. The molecule has 3 heteroatoms. The van der Waals surface area contributed by atoms with E-state index in [1.807, 2.05) is 12.1 Å². The summed E-state index contributed by atoms with van der Waals surface area (Å²) in [5, 5.41) is 0. The molecule has 0 saturated heterocycles. The molecule has 0 radical (unpaired) electrons. The quantitative estimate of drug-likeness (QED) is 0.687. The molecular weight excluding hydrogens is 232 g/mol. The van der Waals surface area contributed by atoms with E-state index in [1.54, 1.807) is 11.3 Å². The molecule has 0 aliphatic carbocycles. The Kier molecular flexibility index (Phi) is 2.96. The Labute approximate surface area is 77.6 Å². The molecular formula is C7H6BrClS. The first-order valence-corrected chi connectivity index (χ1v) is 4.88. The topological polar surface area (TPSA) is 0 Å². The lowest BCUT2D eigenvalue weighted by Gasteiger charge is -1.92. The zero-order chi connectivity index (χ0) is 7.56. The number of alkyl halides is 1. The second kappa shape index (κ2) is 3.56. The monoisotopic (exact) mass is 236 g/mol. The Balaban J connectivity index is 2.85. The van der Waals surface area contributed by atoms with Crippen LogP contribution in [0, 0.1) is 0 Å². The average Bonchev–Trinajstić information content (AvgIpc) is 2.34. The molecule has 54 valence electrons. The van der Waals surface area contributed by atoms with Crippen molar-refractivity contribution in [1.82, 2.24) is 0 Å². The van der Waals surface area contributed by atoms with E-state index in [2.05, 4.69) is 22.5 Å². The van der Waals surface area contributed by atoms with Crippen molar-refractivity contribution >= 4 is 44.4 Å². The lowest BCUT2D eigenvalue weighted by molar-refractivity contribution is 1.75. The predicted octanol–water partition coefficient (Wildman–Crippen LogP) is 3.76. The Hall–Kier alpha value is 0.210. The van der Waals surface area contributed by atoms with Gasteiger partial charge >= 0.3 is 0 Å². The third-order valence-corrected chi connectivity index (χ3v) is 3.13. The molecule has 0 fully saturated rings. The molecule has 0 spiro atoms. The molecule has 10 heavy (non-hydrogen) atoms. The summed E-state index contributed by atoms with van der Waals surface area (Å²) in [5.41, 5.74) is 0.984. The van der Waals surface area contributed by atoms with Gasteiger partial charge in [-0.05, 0) is 33.6 Å². The number of rotatable bonds is 2. The molecule has 0 aliphatic heterocycles. The second-order valence-electron chi connectivity index (χ2n) is 1.84. The van der Waals surface area contributed by atoms with Crippen LogP contribution in [0.1, 0.15) is 4.88 Å². The van der Waals surface area contributed by atoms with Crippen LogP contribution in [0.2, 0.25) is 0 Å². The first-order valence-electron chi connectivity index (χ1n) is 2.73. The minimum atomic E-state index is 0.507. The fourth-order valence-corrected chi connectivity index (χ4v) is 2.15. The van der Waals surface area contributed by atoms with Crippen LogP contribution in [-0.4, -0.2) is 5.88 Å². The highest BCUT2D eigenvalue weighted by atomic mass is 79.9. The summed E-state index contributed by atoms with van der Waals surface area (Å²) in [5.74, 6) is 0.507. The Morgan fingerprint density at radius 1 is 1.70 bits per heavy atom. The standard InChI is InChI=1S/C7H6BrClS/c1-5(4-9)6-2-3-7(8)10-6/h2-3H,1,4H2. The molecule has 1 aromatic rings. The van der Waals surface area contributed by atoms with Crippen LogP contribution in [0.3, 0.4) is 0 Å². The van der Waals surface area contributed by atoms with E-state index < -0.39 is 0 Å². The summed E-state index contributed by atoms with van der Waals surface area (Å²) in [7, 11) is 0. The summed E-state index contributed by atoms with van der Waals surface area (Å²) in [6.45, 7) is 3.81. The van der Waals surface area contributed by atoms with Crippen LogP contribution in [0.15, 0.2) is 22.5 Å². The van der Waals surface area contributed by atoms with Crippen LogP contribution in [0.5, 0.6) is 0 Å². The van der Waals surface area contributed by atoms with Crippen LogP contribution < -0.4 is 0 Å². The molecule has 0 aromatic carbocycles. The van der Waals surface area contributed by atoms with Crippen LogP contribution in [0.4, 0.5) is 0 Å². The minimum absolute atomic E-state index is 0.507. The van der Waals surface area contributed by atoms with Crippen LogP contribution in [-0.2, 0) is 0 Å². The zero-order valence-electron chi connectivity index (χ0n) is 5.23. The Morgan fingerprint density at radius 3 is 2.80 bits per heavy atom. The summed E-state index contributed by atoms with van der Waals surface area (Å²) in [6.07, 6.45) is 0. The van der Waals surface area contributed by atoms with E-state index in [0.717, 1.165) is 14.2 Å². The van der Waals surface area contributed by atoms with E-state index >= 15 is 0 Å². The summed E-state index contributed by atoms with van der Waals surface area (Å²) in [6, 6.07) is 4.01. The molecule has 0 unspecified atom stereocenters. The maximum Gasteiger partial charge on any atom is 0.0704 e. The van der Waals surface area contributed by atoms with Crippen LogP contribution >= 0.6 is 38.9 Å². The Morgan fingerprint density at radius 2 is 2.40 bits per heavy atom. The SMILES string of the molecule is C=C(CCl)c1ccc(Br)s1. The van der Waals surface area contributed by atoms with Gasteiger partial charge in [0.15, 0.2) is 0 Å². The van der Waals surface area contributed by atoms with Crippen molar-refractivity contribution in [2.24, 2.45) is 0 Å². The number of hydrogen-bond acceptors (Lipinski definition) is 1. The summed E-state index contributed by atoms with van der Waals surface area (Å²) < 4.78 is 1.12. The molecule has 0 atom stereocenters. The van der Waals surface area contributed by atoms with Crippen molar-refractivity contribution in [1.29, 1.82) is 0 Å². The number of halogens is 2. The first-order chi connectivity index (χ1) is 4.74. The lowest BCUT2D eigenvalue weighted by Crippen LogP contribution is -1.74. The van der Waals surface area contributed by atoms with Crippen molar-refractivity contribution in [2.45, 2.75) is 0 Å². The van der Waals surface area contributed by atoms with E-state index in [1.165, 1.54) is 0 Å². The fourth-order valence-electron chi connectivity index (χ4n) is 0.570. The van der Waals surface area contributed by atoms with Gasteiger partial charge in [0.1, 0.15) is 0 Å². The van der Waals surface area contributed by atoms with Crippen molar-refractivity contribution in [3.8, 4) is 0 Å². The normalized spacial score (nSPS) is 9.80. The fraction of sp³-hybridized carbons (Fsp3) is 0.143. The highest BCUT2D eigenvalue weighted by molar-refractivity contribution is 9.11. The molecule has 1 aromatic heterocycles.